The molecule has 0 aliphatic heterocycles. The van der Waals surface area contributed by atoms with Crippen molar-refractivity contribution in [3.63, 3.8) is 0 Å². The Morgan fingerprint density at radius 3 is 2.47 bits per heavy atom. The minimum atomic E-state index is -0.0718. The van der Waals surface area contributed by atoms with Crippen molar-refractivity contribution in [2.24, 2.45) is 5.73 Å². The van der Waals surface area contributed by atoms with Crippen molar-refractivity contribution < 1.29 is 0 Å². The SMILES string of the molecule is Cc1cc(C(N)c2nc(C(C)C)cs2)c(C)s1. The van der Waals surface area contributed by atoms with Crippen molar-refractivity contribution in [3.05, 3.63) is 37.5 Å². The maximum absolute atomic E-state index is 6.30. The van der Waals surface area contributed by atoms with E-state index in [-0.39, 0.29) is 6.04 Å². The zero-order chi connectivity index (χ0) is 12.6. The number of hydrogen-bond donors (Lipinski definition) is 1. The molecule has 92 valence electrons. The Kier molecular flexibility index (Phi) is 3.66. The Morgan fingerprint density at radius 2 is 2.00 bits per heavy atom. The van der Waals surface area contributed by atoms with Crippen molar-refractivity contribution >= 4 is 22.7 Å². The fraction of sp³-hybridized carbons (Fsp3) is 0.462. The maximum Gasteiger partial charge on any atom is 0.114 e. The summed E-state index contributed by atoms with van der Waals surface area (Å²) in [6, 6.07) is 2.11. The van der Waals surface area contributed by atoms with Gasteiger partial charge in [-0.05, 0) is 31.4 Å². The van der Waals surface area contributed by atoms with E-state index in [9.17, 15) is 0 Å². The highest BCUT2D eigenvalue weighted by molar-refractivity contribution is 7.12. The molecular formula is C13H18N2S2. The summed E-state index contributed by atoms with van der Waals surface area (Å²) in [5.74, 6) is 0.470. The van der Waals surface area contributed by atoms with Gasteiger partial charge < -0.3 is 5.73 Å². The highest BCUT2D eigenvalue weighted by Crippen LogP contribution is 2.31. The van der Waals surface area contributed by atoms with Crippen LogP contribution in [0.15, 0.2) is 11.4 Å². The molecule has 0 spiro atoms. The molecule has 0 fully saturated rings. The normalized spacial score (nSPS) is 13.3. The quantitative estimate of drug-likeness (QED) is 0.912. The van der Waals surface area contributed by atoms with Crippen LogP contribution in [0.2, 0.25) is 0 Å². The van der Waals surface area contributed by atoms with E-state index in [1.54, 1.807) is 22.7 Å². The van der Waals surface area contributed by atoms with Gasteiger partial charge in [-0.25, -0.2) is 4.98 Å². The molecule has 1 atom stereocenters. The molecule has 2 heterocycles. The third-order valence-corrected chi connectivity index (χ3v) is 4.74. The van der Waals surface area contributed by atoms with Crippen LogP contribution in [0.25, 0.3) is 0 Å². The second-order valence-corrected chi connectivity index (χ2v) is 6.96. The van der Waals surface area contributed by atoms with Gasteiger partial charge in [0.1, 0.15) is 5.01 Å². The summed E-state index contributed by atoms with van der Waals surface area (Å²) in [6.07, 6.45) is 0. The molecule has 1 unspecified atom stereocenters. The zero-order valence-electron chi connectivity index (χ0n) is 10.7. The molecule has 0 aliphatic rings. The molecule has 0 bridgehead atoms. The average Bonchev–Trinajstić information content (AvgIpc) is 2.84. The van der Waals surface area contributed by atoms with Gasteiger partial charge in [0.05, 0.1) is 11.7 Å². The second-order valence-electron chi connectivity index (χ2n) is 4.61. The Balaban J connectivity index is 2.30. The monoisotopic (exact) mass is 266 g/mol. The van der Waals surface area contributed by atoms with Gasteiger partial charge in [-0.1, -0.05) is 13.8 Å². The van der Waals surface area contributed by atoms with Gasteiger partial charge in [-0.2, -0.15) is 0 Å². The molecule has 2 nitrogen and oxygen atoms in total. The molecule has 0 radical (unpaired) electrons. The van der Waals surface area contributed by atoms with E-state index < -0.39 is 0 Å². The molecular weight excluding hydrogens is 248 g/mol. The van der Waals surface area contributed by atoms with Crippen LogP contribution in [-0.2, 0) is 0 Å². The minimum Gasteiger partial charge on any atom is -0.318 e. The lowest BCUT2D eigenvalue weighted by molar-refractivity contribution is 0.795. The van der Waals surface area contributed by atoms with E-state index >= 15 is 0 Å². The summed E-state index contributed by atoms with van der Waals surface area (Å²) in [6.45, 7) is 8.56. The summed E-state index contributed by atoms with van der Waals surface area (Å²) >= 11 is 3.47. The highest BCUT2D eigenvalue weighted by Gasteiger charge is 2.17. The summed E-state index contributed by atoms with van der Waals surface area (Å²) < 4.78 is 0. The van der Waals surface area contributed by atoms with E-state index in [0.717, 1.165) is 10.7 Å². The predicted octanol–water partition coefficient (Wildman–Crippen LogP) is 3.99. The lowest BCUT2D eigenvalue weighted by atomic mass is 10.1. The third kappa shape index (κ3) is 2.59. The van der Waals surface area contributed by atoms with Crippen LogP contribution in [0, 0.1) is 13.8 Å². The number of nitrogens with two attached hydrogens (primary N) is 1. The first-order chi connectivity index (χ1) is 7.99. The van der Waals surface area contributed by atoms with Crippen molar-refractivity contribution in [1.29, 1.82) is 0 Å². The van der Waals surface area contributed by atoms with Gasteiger partial charge in [0.25, 0.3) is 0 Å². The molecule has 2 N–H and O–H groups in total. The van der Waals surface area contributed by atoms with Crippen molar-refractivity contribution in [2.75, 3.05) is 0 Å². The molecule has 0 amide bonds. The van der Waals surface area contributed by atoms with Crippen molar-refractivity contribution in [1.82, 2.24) is 4.98 Å². The van der Waals surface area contributed by atoms with E-state index in [2.05, 4.69) is 44.1 Å². The van der Waals surface area contributed by atoms with Crippen molar-refractivity contribution in [3.8, 4) is 0 Å². The number of hydrogen-bond acceptors (Lipinski definition) is 4. The Labute approximate surface area is 111 Å². The lowest BCUT2D eigenvalue weighted by Gasteiger charge is -2.08. The van der Waals surface area contributed by atoms with Crippen LogP contribution in [0.1, 0.15) is 51.8 Å². The van der Waals surface area contributed by atoms with E-state index in [1.807, 2.05) is 0 Å². The summed E-state index contributed by atoms with van der Waals surface area (Å²) in [5, 5.41) is 3.14. The van der Waals surface area contributed by atoms with Gasteiger partial charge in [0.15, 0.2) is 0 Å². The molecule has 0 saturated heterocycles. The van der Waals surface area contributed by atoms with E-state index in [1.165, 1.54) is 15.3 Å². The smallest absolute Gasteiger partial charge is 0.114 e. The van der Waals surface area contributed by atoms with Gasteiger partial charge in [-0.3, -0.25) is 0 Å². The number of thiophene rings is 1. The van der Waals surface area contributed by atoms with Crippen LogP contribution in [0.5, 0.6) is 0 Å². The molecule has 2 rings (SSSR count). The molecule has 2 aromatic heterocycles. The standard InChI is InChI=1S/C13H18N2S2/c1-7(2)11-6-16-13(15-11)12(14)10-5-8(3)17-9(10)4/h5-7,12H,14H2,1-4H3. The minimum absolute atomic E-state index is 0.0718. The number of rotatable bonds is 3. The van der Waals surface area contributed by atoms with Crippen molar-refractivity contribution in [2.45, 2.75) is 39.7 Å². The number of aromatic nitrogens is 1. The summed E-state index contributed by atoms with van der Waals surface area (Å²) in [5.41, 5.74) is 8.66. The van der Waals surface area contributed by atoms with Crippen LogP contribution in [0.4, 0.5) is 0 Å². The van der Waals surface area contributed by atoms with Crippen LogP contribution < -0.4 is 5.73 Å². The predicted molar refractivity (Wildman–Crippen MR) is 76.0 cm³/mol. The topological polar surface area (TPSA) is 38.9 Å². The van der Waals surface area contributed by atoms with Gasteiger partial charge in [0.2, 0.25) is 0 Å². The van der Waals surface area contributed by atoms with Gasteiger partial charge in [-0.15, -0.1) is 22.7 Å². The first-order valence-corrected chi connectivity index (χ1v) is 7.46. The third-order valence-electron chi connectivity index (χ3n) is 2.81. The van der Waals surface area contributed by atoms with Gasteiger partial charge >= 0.3 is 0 Å². The Morgan fingerprint density at radius 1 is 1.29 bits per heavy atom. The Bertz CT molecular complexity index is 511. The molecule has 2 aromatic rings. The lowest BCUT2D eigenvalue weighted by Crippen LogP contribution is -2.11. The second kappa shape index (κ2) is 4.88. The zero-order valence-corrected chi connectivity index (χ0v) is 12.3. The van der Waals surface area contributed by atoms with E-state index in [4.69, 9.17) is 5.73 Å². The number of thiazole rings is 1. The summed E-state index contributed by atoms with van der Waals surface area (Å²) in [7, 11) is 0. The molecule has 17 heavy (non-hydrogen) atoms. The number of aryl methyl sites for hydroxylation is 2. The molecule has 0 saturated carbocycles. The fourth-order valence-corrected chi connectivity index (χ4v) is 3.77. The summed E-state index contributed by atoms with van der Waals surface area (Å²) in [4.78, 5) is 7.25. The van der Waals surface area contributed by atoms with Gasteiger partial charge in [0, 0.05) is 15.1 Å². The van der Waals surface area contributed by atoms with Crippen LogP contribution in [-0.4, -0.2) is 4.98 Å². The largest absolute Gasteiger partial charge is 0.318 e. The first-order valence-electron chi connectivity index (χ1n) is 5.77. The number of nitrogens with zero attached hydrogens (tertiary/aromatic N) is 1. The molecule has 4 heteroatoms. The average molecular weight is 266 g/mol. The van der Waals surface area contributed by atoms with Crippen LogP contribution >= 0.6 is 22.7 Å². The van der Waals surface area contributed by atoms with E-state index in [0.29, 0.717) is 5.92 Å². The highest BCUT2D eigenvalue weighted by atomic mass is 32.1. The maximum atomic E-state index is 6.30. The van der Waals surface area contributed by atoms with Crippen LogP contribution in [0.3, 0.4) is 0 Å². The Hall–Kier alpha value is -0.710. The fourth-order valence-electron chi connectivity index (χ4n) is 1.80. The molecule has 0 aliphatic carbocycles. The first kappa shape index (κ1) is 12.7. The molecule has 0 aromatic carbocycles.